The van der Waals surface area contributed by atoms with Gasteiger partial charge in [0.05, 0.1) is 17.1 Å². The fourth-order valence-corrected chi connectivity index (χ4v) is 3.17. The van der Waals surface area contributed by atoms with Crippen LogP contribution in [0.25, 0.3) is 0 Å². The first-order valence-electron chi connectivity index (χ1n) is 7.55. The first-order chi connectivity index (χ1) is 10.1. The van der Waals surface area contributed by atoms with Crippen LogP contribution in [0.3, 0.4) is 0 Å². The van der Waals surface area contributed by atoms with E-state index in [4.69, 9.17) is 0 Å². The Bertz CT molecular complexity index is 499. The van der Waals surface area contributed by atoms with Gasteiger partial charge >= 0.3 is 0 Å². The van der Waals surface area contributed by atoms with Crippen LogP contribution in [-0.4, -0.2) is 41.3 Å². The Balaban J connectivity index is 1.64. The Morgan fingerprint density at radius 2 is 2.33 bits per heavy atom. The summed E-state index contributed by atoms with van der Waals surface area (Å²) in [5.74, 6) is 0.651. The molecule has 21 heavy (non-hydrogen) atoms. The molecule has 0 saturated carbocycles. The highest BCUT2D eigenvalue weighted by atomic mass is 32.1. The highest BCUT2D eigenvalue weighted by Gasteiger charge is 2.19. The molecule has 116 valence electrons. The van der Waals surface area contributed by atoms with Crippen molar-refractivity contribution >= 4 is 23.2 Å². The quantitative estimate of drug-likeness (QED) is 0.783. The molecule has 6 heteroatoms. The van der Waals surface area contributed by atoms with Crippen LogP contribution in [0.2, 0.25) is 0 Å². The summed E-state index contributed by atoms with van der Waals surface area (Å²) < 4.78 is 0. The summed E-state index contributed by atoms with van der Waals surface area (Å²) in [7, 11) is 0. The van der Waals surface area contributed by atoms with Crippen molar-refractivity contribution in [1.29, 1.82) is 0 Å². The molecule has 0 spiro atoms. The van der Waals surface area contributed by atoms with Gasteiger partial charge in [-0.05, 0) is 12.8 Å². The van der Waals surface area contributed by atoms with Gasteiger partial charge in [0.15, 0.2) is 0 Å². The number of hydrogen-bond acceptors (Lipinski definition) is 4. The molecule has 1 saturated heterocycles. The van der Waals surface area contributed by atoms with E-state index < -0.39 is 0 Å². The van der Waals surface area contributed by atoms with Gasteiger partial charge < -0.3 is 10.2 Å². The minimum absolute atomic E-state index is 0.00311. The molecule has 1 fully saturated rings. The van der Waals surface area contributed by atoms with E-state index in [-0.39, 0.29) is 11.8 Å². The molecule has 1 aliphatic heterocycles. The minimum Gasteiger partial charge on any atom is -0.356 e. The molecular weight excluding hydrogens is 286 g/mol. The zero-order valence-electron chi connectivity index (χ0n) is 12.7. The van der Waals surface area contributed by atoms with E-state index in [1.54, 1.807) is 11.3 Å². The van der Waals surface area contributed by atoms with E-state index >= 15 is 0 Å². The summed E-state index contributed by atoms with van der Waals surface area (Å²) in [5, 5.41) is 5.93. The third kappa shape index (κ3) is 4.81. The second-order valence-electron chi connectivity index (χ2n) is 5.70. The number of carbonyl (C=O) groups excluding carboxylic acids is 2. The lowest BCUT2D eigenvalue weighted by atomic mass is 10.2. The predicted octanol–water partition coefficient (Wildman–Crippen LogP) is 1.94. The Hall–Kier alpha value is -1.43. The van der Waals surface area contributed by atoms with E-state index in [2.05, 4.69) is 24.1 Å². The average molecular weight is 309 g/mol. The molecule has 0 aromatic carbocycles. The van der Waals surface area contributed by atoms with Crippen LogP contribution >= 0.6 is 11.3 Å². The zero-order chi connectivity index (χ0) is 15.2. The van der Waals surface area contributed by atoms with E-state index in [0.29, 0.717) is 25.3 Å². The smallest absolute Gasteiger partial charge is 0.226 e. The van der Waals surface area contributed by atoms with Crippen LogP contribution in [0.15, 0.2) is 5.38 Å². The summed E-state index contributed by atoms with van der Waals surface area (Å²) in [6, 6.07) is 0. The third-order valence-electron chi connectivity index (χ3n) is 3.50. The Morgan fingerprint density at radius 1 is 1.52 bits per heavy atom. The fraction of sp³-hybridized carbons (Fsp3) is 0.667. The standard InChI is InChI=1S/C15H23N3O2S/c1-11(2)15-17-12(10-21-15)9-13(19)16-6-4-8-18-7-3-5-14(18)20/h10-11H,3-9H2,1-2H3,(H,16,19). The van der Waals surface area contributed by atoms with E-state index in [9.17, 15) is 9.59 Å². The van der Waals surface area contributed by atoms with E-state index in [0.717, 1.165) is 36.6 Å². The third-order valence-corrected chi connectivity index (χ3v) is 4.70. The van der Waals surface area contributed by atoms with Gasteiger partial charge in [-0.3, -0.25) is 9.59 Å². The lowest BCUT2D eigenvalue weighted by Gasteiger charge is -2.15. The first-order valence-corrected chi connectivity index (χ1v) is 8.43. The van der Waals surface area contributed by atoms with E-state index in [1.165, 1.54) is 0 Å². The van der Waals surface area contributed by atoms with Gasteiger partial charge in [0.2, 0.25) is 11.8 Å². The number of nitrogens with zero attached hydrogens (tertiary/aromatic N) is 2. The minimum atomic E-state index is 0.00311. The second-order valence-corrected chi connectivity index (χ2v) is 6.59. The molecule has 1 N–H and O–H groups in total. The number of carbonyl (C=O) groups is 2. The lowest BCUT2D eigenvalue weighted by molar-refractivity contribution is -0.127. The topological polar surface area (TPSA) is 62.3 Å². The van der Waals surface area contributed by atoms with Crippen molar-refractivity contribution in [2.75, 3.05) is 19.6 Å². The number of likely N-dealkylation sites (tertiary alicyclic amines) is 1. The molecule has 2 rings (SSSR count). The van der Waals surface area contributed by atoms with Crippen molar-refractivity contribution in [1.82, 2.24) is 15.2 Å². The van der Waals surface area contributed by atoms with Gasteiger partial charge in [-0.2, -0.15) is 0 Å². The largest absolute Gasteiger partial charge is 0.356 e. The number of rotatable bonds is 7. The van der Waals surface area contributed by atoms with Gasteiger partial charge in [0.25, 0.3) is 0 Å². The van der Waals surface area contributed by atoms with Gasteiger partial charge in [-0.1, -0.05) is 13.8 Å². The van der Waals surface area contributed by atoms with Crippen molar-refractivity contribution in [2.45, 2.75) is 45.4 Å². The summed E-state index contributed by atoms with van der Waals surface area (Å²) in [5.41, 5.74) is 0.843. The molecule has 0 bridgehead atoms. The normalized spacial score (nSPS) is 15.0. The molecule has 0 radical (unpaired) electrons. The molecule has 1 aliphatic rings. The Morgan fingerprint density at radius 3 is 2.95 bits per heavy atom. The number of thiazole rings is 1. The molecule has 2 heterocycles. The first kappa shape index (κ1) is 15.9. The van der Waals surface area contributed by atoms with Crippen molar-refractivity contribution in [2.24, 2.45) is 0 Å². The van der Waals surface area contributed by atoms with Crippen LogP contribution in [0.1, 0.15) is 49.7 Å². The molecule has 5 nitrogen and oxygen atoms in total. The number of amides is 2. The summed E-state index contributed by atoms with van der Waals surface area (Å²) in [4.78, 5) is 29.6. The number of nitrogens with one attached hydrogen (secondary N) is 1. The van der Waals surface area contributed by atoms with Gasteiger partial charge in [-0.25, -0.2) is 4.98 Å². The highest BCUT2D eigenvalue weighted by molar-refractivity contribution is 7.09. The van der Waals surface area contributed by atoms with Crippen LogP contribution in [0, 0.1) is 0 Å². The predicted molar refractivity (Wildman–Crippen MR) is 83.3 cm³/mol. The van der Waals surface area contributed by atoms with Crippen molar-refractivity contribution < 1.29 is 9.59 Å². The lowest BCUT2D eigenvalue weighted by Crippen LogP contribution is -2.31. The van der Waals surface area contributed by atoms with Crippen molar-refractivity contribution in [3.63, 3.8) is 0 Å². The maximum absolute atomic E-state index is 11.8. The molecule has 0 unspecified atom stereocenters. The molecule has 1 aromatic heterocycles. The Kier molecular flexibility index (Phi) is 5.73. The van der Waals surface area contributed by atoms with Gasteiger partial charge in [0.1, 0.15) is 0 Å². The van der Waals surface area contributed by atoms with E-state index in [1.807, 2.05) is 10.3 Å². The number of hydrogen-bond donors (Lipinski definition) is 1. The average Bonchev–Trinajstić information content (AvgIpc) is 3.04. The molecular formula is C15H23N3O2S. The van der Waals surface area contributed by atoms with Gasteiger partial charge in [-0.15, -0.1) is 11.3 Å². The van der Waals surface area contributed by atoms with Crippen LogP contribution in [0.5, 0.6) is 0 Å². The molecule has 0 aliphatic carbocycles. The number of aromatic nitrogens is 1. The maximum atomic E-state index is 11.8. The summed E-state index contributed by atoms with van der Waals surface area (Å²) >= 11 is 1.61. The second kappa shape index (κ2) is 7.54. The van der Waals surface area contributed by atoms with Crippen LogP contribution in [0.4, 0.5) is 0 Å². The SMILES string of the molecule is CC(C)c1nc(CC(=O)NCCCN2CCCC2=O)cs1. The fourth-order valence-electron chi connectivity index (χ4n) is 2.33. The summed E-state index contributed by atoms with van der Waals surface area (Å²) in [6.07, 6.45) is 2.79. The van der Waals surface area contributed by atoms with Crippen LogP contribution < -0.4 is 5.32 Å². The van der Waals surface area contributed by atoms with Crippen molar-refractivity contribution in [3.05, 3.63) is 16.1 Å². The van der Waals surface area contributed by atoms with Gasteiger partial charge in [0, 0.05) is 37.4 Å². The van der Waals surface area contributed by atoms with Crippen molar-refractivity contribution in [3.8, 4) is 0 Å². The Labute approximate surface area is 129 Å². The highest BCUT2D eigenvalue weighted by Crippen LogP contribution is 2.19. The molecule has 1 aromatic rings. The maximum Gasteiger partial charge on any atom is 0.226 e. The molecule has 2 amide bonds. The monoisotopic (exact) mass is 309 g/mol. The van der Waals surface area contributed by atoms with Crippen LogP contribution in [-0.2, 0) is 16.0 Å². The molecule has 0 atom stereocenters. The zero-order valence-corrected chi connectivity index (χ0v) is 13.5. The summed E-state index contributed by atoms with van der Waals surface area (Å²) in [6.45, 7) is 6.42.